The fraction of sp³-hybridized carbons (Fsp3) is 0.800. The third-order valence-corrected chi connectivity index (χ3v) is 4.56. The van der Waals surface area contributed by atoms with Gasteiger partial charge in [0.15, 0.2) is 0 Å². The molecule has 1 aliphatic heterocycles. The molecule has 2 fully saturated rings. The first kappa shape index (κ1) is 14.4. The van der Waals surface area contributed by atoms with E-state index in [9.17, 15) is 9.59 Å². The van der Waals surface area contributed by atoms with E-state index in [2.05, 4.69) is 5.10 Å². The van der Waals surface area contributed by atoms with Gasteiger partial charge in [0.25, 0.3) is 0 Å². The summed E-state index contributed by atoms with van der Waals surface area (Å²) in [6, 6.07) is 0.358. The Bertz CT molecular complexity index is 589. The molecule has 0 spiro atoms. The fourth-order valence-electron chi connectivity index (χ4n) is 3.18. The highest BCUT2D eigenvalue weighted by atomic mass is 16.2. The average Bonchev–Trinajstić information content (AvgIpc) is 3.26. The third-order valence-electron chi connectivity index (χ3n) is 4.56. The molecule has 21 heavy (non-hydrogen) atoms. The summed E-state index contributed by atoms with van der Waals surface area (Å²) >= 11 is 0. The number of nitrogens with zero attached hydrogens (tertiary/aromatic N) is 4. The predicted octanol–water partition coefficient (Wildman–Crippen LogP) is 1.28. The van der Waals surface area contributed by atoms with Crippen LogP contribution in [0.25, 0.3) is 0 Å². The van der Waals surface area contributed by atoms with Crippen molar-refractivity contribution in [1.29, 1.82) is 0 Å². The number of hydrogen-bond acceptors (Lipinski definition) is 3. The van der Waals surface area contributed by atoms with Crippen LogP contribution in [-0.2, 0) is 11.8 Å². The van der Waals surface area contributed by atoms with Crippen LogP contribution in [0.4, 0.5) is 0 Å². The van der Waals surface area contributed by atoms with Gasteiger partial charge in [0.05, 0.1) is 0 Å². The molecule has 6 heteroatoms. The van der Waals surface area contributed by atoms with E-state index in [4.69, 9.17) is 0 Å². The molecule has 1 saturated carbocycles. The summed E-state index contributed by atoms with van der Waals surface area (Å²) in [5, 5.41) is 4.46. The van der Waals surface area contributed by atoms with Gasteiger partial charge in [-0.1, -0.05) is 13.8 Å². The summed E-state index contributed by atoms with van der Waals surface area (Å²) in [4.78, 5) is 26.2. The zero-order chi connectivity index (χ0) is 15.1. The fourth-order valence-corrected chi connectivity index (χ4v) is 3.18. The average molecular weight is 292 g/mol. The molecule has 1 amide bonds. The van der Waals surface area contributed by atoms with Gasteiger partial charge in [-0.25, -0.2) is 9.48 Å². The first-order valence-corrected chi connectivity index (χ1v) is 7.93. The summed E-state index contributed by atoms with van der Waals surface area (Å²) in [6.45, 7) is 5.43. The maximum Gasteiger partial charge on any atom is 0.345 e. The van der Waals surface area contributed by atoms with Gasteiger partial charge in [-0.3, -0.25) is 9.36 Å². The Morgan fingerprint density at radius 2 is 1.81 bits per heavy atom. The van der Waals surface area contributed by atoms with Crippen LogP contribution in [0.15, 0.2) is 4.79 Å². The standard InChI is InChI=1S/C15H24N4O2/c1-10(2)14(20)18-8-6-11(7-9-18)13-16-17(3)15(21)19(13)12-4-5-12/h10-12H,4-9H2,1-3H3. The Balaban J connectivity index is 1.74. The van der Waals surface area contributed by atoms with Crippen LogP contribution in [-0.4, -0.2) is 38.2 Å². The molecule has 116 valence electrons. The lowest BCUT2D eigenvalue weighted by atomic mass is 9.95. The lowest BCUT2D eigenvalue weighted by molar-refractivity contribution is -0.135. The van der Waals surface area contributed by atoms with Crippen molar-refractivity contribution in [3.63, 3.8) is 0 Å². The number of likely N-dealkylation sites (tertiary alicyclic amines) is 1. The summed E-state index contributed by atoms with van der Waals surface area (Å²) < 4.78 is 3.35. The van der Waals surface area contributed by atoms with Crippen LogP contribution >= 0.6 is 0 Å². The molecule has 1 aromatic rings. The Morgan fingerprint density at radius 1 is 1.19 bits per heavy atom. The van der Waals surface area contributed by atoms with E-state index in [0.29, 0.717) is 12.0 Å². The number of carbonyl (C=O) groups excluding carboxylic acids is 1. The predicted molar refractivity (Wildman–Crippen MR) is 79.1 cm³/mol. The first-order chi connectivity index (χ1) is 9.99. The molecule has 1 saturated heterocycles. The molecule has 0 aromatic carbocycles. The van der Waals surface area contributed by atoms with Gasteiger partial charge in [0.1, 0.15) is 5.82 Å². The summed E-state index contributed by atoms with van der Waals surface area (Å²) in [5.74, 6) is 1.52. The van der Waals surface area contributed by atoms with E-state index in [-0.39, 0.29) is 17.5 Å². The zero-order valence-corrected chi connectivity index (χ0v) is 13.1. The highest BCUT2D eigenvalue weighted by Gasteiger charge is 2.34. The van der Waals surface area contributed by atoms with E-state index < -0.39 is 0 Å². The molecule has 2 heterocycles. The second-order valence-electron chi connectivity index (χ2n) is 6.62. The maximum absolute atomic E-state index is 12.2. The van der Waals surface area contributed by atoms with Crippen molar-refractivity contribution in [3.05, 3.63) is 16.3 Å². The minimum absolute atomic E-state index is 0.00758. The molecule has 2 aliphatic rings. The second-order valence-corrected chi connectivity index (χ2v) is 6.62. The molecule has 6 nitrogen and oxygen atoms in total. The van der Waals surface area contributed by atoms with E-state index in [1.165, 1.54) is 4.68 Å². The van der Waals surface area contributed by atoms with Crippen LogP contribution in [0.1, 0.15) is 57.3 Å². The van der Waals surface area contributed by atoms with Crippen molar-refractivity contribution in [1.82, 2.24) is 19.2 Å². The van der Waals surface area contributed by atoms with Gasteiger partial charge in [0.2, 0.25) is 5.91 Å². The number of piperidine rings is 1. The van der Waals surface area contributed by atoms with Gasteiger partial charge in [-0.15, -0.1) is 0 Å². The largest absolute Gasteiger partial charge is 0.345 e. The quantitative estimate of drug-likeness (QED) is 0.843. The Kier molecular flexibility index (Phi) is 3.63. The lowest BCUT2D eigenvalue weighted by Crippen LogP contribution is -2.40. The van der Waals surface area contributed by atoms with Crippen LogP contribution in [0, 0.1) is 5.92 Å². The summed E-state index contributed by atoms with van der Waals surface area (Å²) in [6.07, 6.45) is 3.98. The van der Waals surface area contributed by atoms with Crippen LogP contribution < -0.4 is 5.69 Å². The molecule has 1 aromatic heterocycles. The molecule has 3 rings (SSSR count). The van der Waals surface area contributed by atoms with Crippen LogP contribution in [0.5, 0.6) is 0 Å². The Hall–Kier alpha value is -1.59. The SMILES string of the molecule is CC(C)C(=O)N1CCC(c2nn(C)c(=O)n2C2CC2)CC1. The number of carbonyl (C=O) groups is 1. The molecule has 0 unspecified atom stereocenters. The van der Waals surface area contributed by atoms with Crippen molar-refractivity contribution in [2.75, 3.05) is 13.1 Å². The van der Waals surface area contributed by atoms with Crippen molar-refractivity contribution in [3.8, 4) is 0 Å². The number of hydrogen-bond donors (Lipinski definition) is 0. The topological polar surface area (TPSA) is 60.1 Å². The molecule has 0 bridgehead atoms. The third kappa shape index (κ3) is 2.63. The Labute approximate surface area is 124 Å². The summed E-state index contributed by atoms with van der Waals surface area (Å²) in [5.41, 5.74) is 0.00758. The van der Waals surface area contributed by atoms with E-state index >= 15 is 0 Å². The zero-order valence-electron chi connectivity index (χ0n) is 13.1. The smallest absolute Gasteiger partial charge is 0.342 e. The number of aromatic nitrogens is 3. The van der Waals surface area contributed by atoms with Gasteiger partial charge in [-0.2, -0.15) is 5.10 Å². The monoisotopic (exact) mass is 292 g/mol. The number of rotatable bonds is 3. The van der Waals surface area contributed by atoms with Crippen molar-refractivity contribution in [2.24, 2.45) is 13.0 Å². The lowest BCUT2D eigenvalue weighted by Gasteiger charge is -2.32. The molecule has 0 radical (unpaired) electrons. The Morgan fingerprint density at radius 3 is 2.33 bits per heavy atom. The van der Waals surface area contributed by atoms with Crippen molar-refractivity contribution in [2.45, 2.75) is 51.5 Å². The van der Waals surface area contributed by atoms with Crippen LogP contribution in [0.3, 0.4) is 0 Å². The van der Waals surface area contributed by atoms with Crippen molar-refractivity contribution >= 4 is 5.91 Å². The van der Waals surface area contributed by atoms with Gasteiger partial charge >= 0.3 is 5.69 Å². The normalized spacial score (nSPS) is 20.3. The molecular weight excluding hydrogens is 268 g/mol. The van der Waals surface area contributed by atoms with E-state index in [1.807, 2.05) is 23.3 Å². The van der Waals surface area contributed by atoms with E-state index in [1.54, 1.807) is 7.05 Å². The molecule has 0 N–H and O–H groups in total. The van der Waals surface area contributed by atoms with Gasteiger partial charge in [-0.05, 0) is 25.7 Å². The van der Waals surface area contributed by atoms with Crippen LogP contribution in [0.2, 0.25) is 0 Å². The van der Waals surface area contributed by atoms with E-state index in [0.717, 1.165) is 44.6 Å². The highest BCUT2D eigenvalue weighted by Crippen LogP contribution is 2.37. The molecule has 1 aliphatic carbocycles. The minimum Gasteiger partial charge on any atom is -0.342 e. The first-order valence-electron chi connectivity index (χ1n) is 7.93. The second kappa shape index (κ2) is 5.31. The highest BCUT2D eigenvalue weighted by molar-refractivity contribution is 5.78. The maximum atomic E-state index is 12.2. The number of amides is 1. The van der Waals surface area contributed by atoms with Gasteiger partial charge < -0.3 is 4.90 Å². The number of aryl methyl sites for hydroxylation is 1. The van der Waals surface area contributed by atoms with Crippen molar-refractivity contribution < 1.29 is 4.79 Å². The summed E-state index contributed by atoms with van der Waals surface area (Å²) in [7, 11) is 1.72. The minimum atomic E-state index is 0.00758. The molecule has 0 atom stereocenters. The van der Waals surface area contributed by atoms with Gasteiger partial charge in [0, 0.05) is 38.0 Å². The molecular formula is C15H24N4O2.